The van der Waals surface area contributed by atoms with Crippen molar-refractivity contribution in [2.45, 2.75) is 32.5 Å². The summed E-state index contributed by atoms with van der Waals surface area (Å²) in [6, 6.07) is 10.0. The van der Waals surface area contributed by atoms with Gasteiger partial charge in [0.1, 0.15) is 0 Å². The van der Waals surface area contributed by atoms with Crippen LogP contribution in [0.3, 0.4) is 0 Å². The lowest BCUT2D eigenvalue weighted by molar-refractivity contribution is -0.0680. The Morgan fingerprint density at radius 3 is 2.38 bits per heavy atom. The Bertz CT molecular complexity index is 827. The molecule has 0 bridgehead atoms. The van der Waals surface area contributed by atoms with Crippen molar-refractivity contribution in [3.05, 3.63) is 52.4 Å². The van der Waals surface area contributed by atoms with Gasteiger partial charge in [-0.2, -0.15) is 0 Å². The number of furan rings is 1. The molecule has 1 fully saturated rings. The number of ether oxygens (including phenoxy) is 1. The number of carbonyl (C=O) groups excluding carboxylic acids is 2. The van der Waals surface area contributed by atoms with Crippen LogP contribution in [0.1, 0.15) is 41.2 Å². The fourth-order valence-corrected chi connectivity index (χ4v) is 3.71. The second-order valence-electron chi connectivity index (χ2n) is 7.26. The summed E-state index contributed by atoms with van der Waals surface area (Å²) in [5, 5.41) is 5.68. The van der Waals surface area contributed by atoms with Crippen molar-refractivity contribution >= 4 is 33.4 Å². The maximum Gasteiger partial charge on any atom is 0.291 e. The number of halogens is 1. The standard InChI is InChI=1S/C21H26BrN3O4/c1-14-12-25(13-15(2)28-14)11-3-10-23-20(26)16-4-6-17(7-5-16)24-21(27)18-8-9-19(22)29-18/h4-9,14-15H,3,10-13H2,1-2H3,(H,23,26)(H,24,27). The molecule has 2 aromatic rings. The topological polar surface area (TPSA) is 83.8 Å². The van der Waals surface area contributed by atoms with Crippen LogP contribution in [0, 0.1) is 0 Å². The summed E-state index contributed by atoms with van der Waals surface area (Å²) >= 11 is 3.17. The molecule has 0 saturated carbocycles. The first kappa shape index (κ1) is 21.5. The Kier molecular flexibility index (Phi) is 7.46. The zero-order valence-corrected chi connectivity index (χ0v) is 18.2. The first-order chi connectivity index (χ1) is 13.9. The molecule has 0 spiro atoms. The average molecular weight is 464 g/mol. The van der Waals surface area contributed by atoms with Crippen molar-refractivity contribution in [1.82, 2.24) is 10.2 Å². The molecule has 1 saturated heterocycles. The first-order valence-electron chi connectivity index (χ1n) is 9.73. The average Bonchev–Trinajstić information content (AvgIpc) is 3.11. The molecule has 7 nitrogen and oxygen atoms in total. The summed E-state index contributed by atoms with van der Waals surface area (Å²) in [6.07, 6.45) is 1.39. The van der Waals surface area contributed by atoms with Crippen LogP contribution in [0.2, 0.25) is 0 Å². The number of morpholine rings is 1. The fourth-order valence-electron chi connectivity index (χ4n) is 3.41. The lowest BCUT2D eigenvalue weighted by atomic mass is 10.2. The highest BCUT2D eigenvalue weighted by Crippen LogP contribution is 2.16. The summed E-state index contributed by atoms with van der Waals surface area (Å²) in [5.41, 5.74) is 1.15. The normalized spacial score (nSPS) is 19.7. The Labute approximate surface area is 178 Å². The summed E-state index contributed by atoms with van der Waals surface area (Å²) in [5.74, 6) is -0.260. The van der Waals surface area contributed by atoms with E-state index in [1.54, 1.807) is 36.4 Å². The Hall–Kier alpha value is -2.16. The molecule has 2 unspecified atom stereocenters. The van der Waals surface area contributed by atoms with Crippen molar-refractivity contribution in [1.29, 1.82) is 0 Å². The predicted octanol–water partition coefficient (Wildman–Crippen LogP) is 3.52. The fraction of sp³-hybridized carbons (Fsp3) is 0.429. The van der Waals surface area contributed by atoms with Gasteiger partial charge < -0.3 is 19.8 Å². The van der Waals surface area contributed by atoms with E-state index in [4.69, 9.17) is 9.15 Å². The molecule has 29 heavy (non-hydrogen) atoms. The van der Waals surface area contributed by atoms with Crippen molar-refractivity contribution < 1.29 is 18.7 Å². The van der Waals surface area contributed by atoms with Gasteiger partial charge in [0.2, 0.25) is 0 Å². The van der Waals surface area contributed by atoms with Crippen LogP contribution in [-0.4, -0.2) is 55.1 Å². The highest BCUT2D eigenvalue weighted by atomic mass is 79.9. The molecule has 2 amide bonds. The van der Waals surface area contributed by atoms with Crippen LogP contribution in [0.25, 0.3) is 0 Å². The molecule has 2 N–H and O–H groups in total. The number of nitrogens with zero attached hydrogens (tertiary/aromatic N) is 1. The minimum Gasteiger partial charge on any atom is -0.444 e. The maximum atomic E-state index is 12.3. The lowest BCUT2D eigenvalue weighted by Crippen LogP contribution is -2.46. The van der Waals surface area contributed by atoms with Gasteiger partial charge in [-0.05, 0) is 72.6 Å². The van der Waals surface area contributed by atoms with Crippen LogP contribution >= 0.6 is 15.9 Å². The molecule has 1 aromatic heterocycles. The number of nitrogens with one attached hydrogen (secondary N) is 2. The zero-order chi connectivity index (χ0) is 20.8. The Balaban J connectivity index is 1.41. The molecule has 8 heteroatoms. The zero-order valence-electron chi connectivity index (χ0n) is 16.6. The van der Waals surface area contributed by atoms with E-state index in [2.05, 4.69) is 45.3 Å². The predicted molar refractivity (Wildman–Crippen MR) is 114 cm³/mol. The molecule has 1 aromatic carbocycles. The van der Waals surface area contributed by atoms with E-state index >= 15 is 0 Å². The van der Waals surface area contributed by atoms with E-state index in [-0.39, 0.29) is 29.8 Å². The SMILES string of the molecule is CC1CN(CCCNC(=O)c2ccc(NC(=O)c3ccc(Br)o3)cc2)CC(C)O1. The van der Waals surface area contributed by atoms with Crippen molar-refractivity contribution in [2.75, 3.05) is 31.5 Å². The number of rotatable bonds is 7. The molecule has 0 aliphatic carbocycles. The van der Waals surface area contributed by atoms with Crippen LogP contribution in [0.4, 0.5) is 5.69 Å². The molecule has 3 rings (SSSR count). The third-order valence-corrected chi connectivity index (χ3v) is 5.06. The van der Waals surface area contributed by atoms with E-state index in [9.17, 15) is 9.59 Å². The Morgan fingerprint density at radius 1 is 1.07 bits per heavy atom. The maximum absolute atomic E-state index is 12.3. The van der Waals surface area contributed by atoms with Gasteiger partial charge in [-0.3, -0.25) is 14.5 Å². The number of carbonyl (C=O) groups is 2. The minimum atomic E-state index is -0.348. The van der Waals surface area contributed by atoms with Crippen LogP contribution in [-0.2, 0) is 4.74 Å². The third kappa shape index (κ3) is 6.42. The highest BCUT2D eigenvalue weighted by Gasteiger charge is 2.21. The highest BCUT2D eigenvalue weighted by molar-refractivity contribution is 9.10. The third-order valence-electron chi connectivity index (χ3n) is 4.63. The van der Waals surface area contributed by atoms with E-state index in [1.807, 2.05) is 0 Å². The first-order valence-corrected chi connectivity index (χ1v) is 10.5. The van der Waals surface area contributed by atoms with Crippen LogP contribution in [0.5, 0.6) is 0 Å². The molecular formula is C21H26BrN3O4. The number of hydrogen-bond acceptors (Lipinski definition) is 5. The van der Waals surface area contributed by atoms with Gasteiger partial charge in [-0.15, -0.1) is 0 Å². The van der Waals surface area contributed by atoms with E-state index in [0.29, 0.717) is 22.5 Å². The van der Waals surface area contributed by atoms with E-state index in [0.717, 1.165) is 26.1 Å². The van der Waals surface area contributed by atoms with Gasteiger partial charge in [0, 0.05) is 37.4 Å². The van der Waals surface area contributed by atoms with E-state index < -0.39 is 0 Å². The summed E-state index contributed by atoms with van der Waals surface area (Å²) in [6.45, 7) is 7.59. The minimum absolute atomic E-state index is 0.124. The van der Waals surface area contributed by atoms with Crippen molar-refractivity contribution in [2.24, 2.45) is 0 Å². The number of amides is 2. The molecule has 1 aliphatic heterocycles. The second-order valence-corrected chi connectivity index (χ2v) is 8.04. The monoisotopic (exact) mass is 463 g/mol. The quantitative estimate of drug-likeness (QED) is 0.613. The Morgan fingerprint density at radius 2 is 1.76 bits per heavy atom. The van der Waals surface area contributed by atoms with Gasteiger partial charge in [-0.1, -0.05) is 0 Å². The van der Waals surface area contributed by atoms with Gasteiger partial charge in [0.25, 0.3) is 11.8 Å². The van der Waals surface area contributed by atoms with Crippen molar-refractivity contribution in [3.63, 3.8) is 0 Å². The van der Waals surface area contributed by atoms with E-state index in [1.165, 1.54) is 0 Å². The largest absolute Gasteiger partial charge is 0.444 e. The van der Waals surface area contributed by atoms with Crippen molar-refractivity contribution in [3.8, 4) is 0 Å². The molecule has 2 atom stereocenters. The summed E-state index contributed by atoms with van der Waals surface area (Å²) < 4.78 is 11.4. The second kappa shape index (κ2) is 10.0. The number of hydrogen-bond donors (Lipinski definition) is 2. The smallest absolute Gasteiger partial charge is 0.291 e. The molecule has 1 aliphatic rings. The van der Waals surface area contributed by atoms with Crippen LogP contribution < -0.4 is 10.6 Å². The summed E-state index contributed by atoms with van der Waals surface area (Å²) in [7, 11) is 0. The van der Waals surface area contributed by atoms with Gasteiger partial charge in [-0.25, -0.2) is 0 Å². The van der Waals surface area contributed by atoms with Crippen LogP contribution in [0.15, 0.2) is 45.5 Å². The number of benzene rings is 1. The van der Waals surface area contributed by atoms with Gasteiger partial charge >= 0.3 is 0 Å². The van der Waals surface area contributed by atoms with Gasteiger partial charge in [0.05, 0.1) is 12.2 Å². The molecular weight excluding hydrogens is 438 g/mol. The van der Waals surface area contributed by atoms with Gasteiger partial charge in [0.15, 0.2) is 10.4 Å². The molecule has 0 radical (unpaired) electrons. The summed E-state index contributed by atoms with van der Waals surface area (Å²) in [4.78, 5) is 26.8. The molecule has 156 valence electrons. The number of anilines is 1. The molecule has 2 heterocycles. The lowest BCUT2D eigenvalue weighted by Gasteiger charge is -2.35.